The molecule has 0 bridgehead atoms. The Labute approximate surface area is 180 Å². The molecule has 2 amide bonds. The number of nitrogens with zero attached hydrogens (tertiary/aromatic N) is 1. The lowest BCUT2D eigenvalue weighted by Gasteiger charge is -2.13. The van der Waals surface area contributed by atoms with Gasteiger partial charge in [-0.2, -0.15) is 0 Å². The molecule has 0 unspecified atom stereocenters. The Morgan fingerprint density at radius 3 is 2.60 bits per heavy atom. The van der Waals surface area contributed by atoms with Crippen molar-refractivity contribution < 1.29 is 14.3 Å². The van der Waals surface area contributed by atoms with Crippen molar-refractivity contribution in [3.63, 3.8) is 0 Å². The molecule has 3 aromatic rings. The molecule has 0 atom stereocenters. The van der Waals surface area contributed by atoms with Crippen LogP contribution in [-0.4, -0.2) is 16.8 Å². The molecule has 3 rings (SSSR count). The Morgan fingerprint density at radius 2 is 1.90 bits per heavy atom. The van der Waals surface area contributed by atoms with E-state index >= 15 is 0 Å². The van der Waals surface area contributed by atoms with Gasteiger partial charge in [0.15, 0.2) is 0 Å². The van der Waals surface area contributed by atoms with Gasteiger partial charge in [-0.15, -0.1) is 11.3 Å². The van der Waals surface area contributed by atoms with Gasteiger partial charge < -0.3 is 15.4 Å². The Bertz CT molecular complexity index is 1060. The number of anilines is 2. The molecular weight excluding hydrogens is 398 g/mol. The standard InChI is InChI=1S/C23H25N3O3S/c1-14(2)22(27)25-18-9-8-15(3)21(11-18)26-23(28)17-6-5-7-20(10-17)29-12-19-13-30-16(4)24-19/h5-11,13-14H,12H2,1-4H3,(H,25,27)(H,26,28). The molecule has 30 heavy (non-hydrogen) atoms. The molecule has 0 saturated carbocycles. The van der Waals surface area contributed by atoms with Crippen molar-refractivity contribution in [2.75, 3.05) is 10.6 Å². The molecule has 0 aliphatic heterocycles. The third-order valence-electron chi connectivity index (χ3n) is 4.43. The lowest BCUT2D eigenvalue weighted by Crippen LogP contribution is -2.18. The fraction of sp³-hybridized carbons (Fsp3) is 0.261. The molecule has 0 aliphatic rings. The van der Waals surface area contributed by atoms with Gasteiger partial charge in [0.05, 0.1) is 10.7 Å². The van der Waals surface area contributed by atoms with E-state index in [1.165, 1.54) is 0 Å². The molecule has 6 nitrogen and oxygen atoms in total. The zero-order valence-electron chi connectivity index (χ0n) is 17.5. The van der Waals surface area contributed by atoms with Crippen molar-refractivity contribution in [1.29, 1.82) is 0 Å². The Balaban J connectivity index is 1.69. The smallest absolute Gasteiger partial charge is 0.255 e. The van der Waals surface area contributed by atoms with Crippen molar-refractivity contribution in [2.24, 2.45) is 5.92 Å². The summed E-state index contributed by atoms with van der Waals surface area (Å²) in [7, 11) is 0. The lowest BCUT2D eigenvalue weighted by molar-refractivity contribution is -0.118. The van der Waals surface area contributed by atoms with E-state index < -0.39 is 0 Å². The van der Waals surface area contributed by atoms with Crippen LogP contribution in [0.4, 0.5) is 11.4 Å². The van der Waals surface area contributed by atoms with Gasteiger partial charge in [-0.1, -0.05) is 26.0 Å². The fourth-order valence-corrected chi connectivity index (χ4v) is 3.27. The number of amides is 2. The first-order valence-electron chi connectivity index (χ1n) is 9.68. The van der Waals surface area contributed by atoms with Crippen molar-refractivity contribution >= 4 is 34.5 Å². The summed E-state index contributed by atoms with van der Waals surface area (Å²) >= 11 is 1.57. The largest absolute Gasteiger partial charge is 0.487 e. The number of hydrogen-bond donors (Lipinski definition) is 2. The first-order chi connectivity index (χ1) is 14.3. The van der Waals surface area contributed by atoms with Crippen LogP contribution in [0, 0.1) is 19.8 Å². The Kier molecular flexibility index (Phi) is 6.84. The third kappa shape index (κ3) is 5.67. The van der Waals surface area contributed by atoms with Gasteiger partial charge in [0, 0.05) is 28.2 Å². The van der Waals surface area contributed by atoms with E-state index in [4.69, 9.17) is 4.74 Å². The monoisotopic (exact) mass is 423 g/mol. The van der Waals surface area contributed by atoms with Gasteiger partial charge in [0.25, 0.3) is 5.91 Å². The average Bonchev–Trinajstić information content (AvgIpc) is 3.14. The van der Waals surface area contributed by atoms with Crippen molar-refractivity contribution in [3.05, 3.63) is 69.7 Å². The lowest BCUT2D eigenvalue weighted by atomic mass is 10.1. The van der Waals surface area contributed by atoms with Gasteiger partial charge in [0.2, 0.25) is 5.91 Å². The first kappa shape index (κ1) is 21.5. The van der Waals surface area contributed by atoms with E-state index in [0.29, 0.717) is 29.3 Å². The summed E-state index contributed by atoms with van der Waals surface area (Å²) in [6, 6.07) is 12.5. The number of ether oxygens (including phenoxy) is 1. The molecule has 0 fully saturated rings. The summed E-state index contributed by atoms with van der Waals surface area (Å²) in [4.78, 5) is 29.1. The number of benzene rings is 2. The summed E-state index contributed by atoms with van der Waals surface area (Å²) in [5.74, 6) is 0.153. The number of aromatic nitrogens is 1. The molecule has 2 aromatic carbocycles. The maximum atomic E-state index is 12.8. The van der Waals surface area contributed by atoms with Crippen LogP contribution in [-0.2, 0) is 11.4 Å². The number of carbonyl (C=O) groups is 2. The van der Waals surface area contributed by atoms with Gasteiger partial charge in [0.1, 0.15) is 12.4 Å². The van der Waals surface area contributed by atoms with E-state index in [1.54, 1.807) is 35.6 Å². The Hall–Kier alpha value is -3.19. The highest BCUT2D eigenvalue weighted by atomic mass is 32.1. The van der Waals surface area contributed by atoms with Gasteiger partial charge >= 0.3 is 0 Å². The minimum absolute atomic E-state index is 0.0729. The summed E-state index contributed by atoms with van der Waals surface area (Å²) in [5, 5.41) is 8.71. The van der Waals surface area contributed by atoms with Crippen LogP contribution in [0.2, 0.25) is 0 Å². The molecule has 7 heteroatoms. The molecule has 0 aliphatic carbocycles. The van der Waals surface area contributed by atoms with E-state index in [2.05, 4.69) is 15.6 Å². The van der Waals surface area contributed by atoms with E-state index in [1.807, 2.05) is 51.3 Å². The van der Waals surface area contributed by atoms with Crippen molar-refractivity contribution in [3.8, 4) is 5.75 Å². The van der Waals surface area contributed by atoms with E-state index in [0.717, 1.165) is 16.3 Å². The molecule has 2 N–H and O–H groups in total. The van der Waals surface area contributed by atoms with Gasteiger partial charge in [-0.05, 0) is 49.7 Å². The third-order valence-corrected chi connectivity index (χ3v) is 5.25. The van der Waals surface area contributed by atoms with E-state index in [9.17, 15) is 9.59 Å². The molecule has 0 radical (unpaired) electrons. The Morgan fingerprint density at radius 1 is 1.10 bits per heavy atom. The highest BCUT2D eigenvalue weighted by Crippen LogP contribution is 2.23. The predicted octanol–water partition coefficient (Wildman–Crippen LogP) is 5.19. The first-order valence-corrected chi connectivity index (χ1v) is 10.6. The zero-order valence-corrected chi connectivity index (χ0v) is 18.3. The van der Waals surface area contributed by atoms with Gasteiger partial charge in [-0.25, -0.2) is 4.98 Å². The minimum atomic E-state index is -0.250. The number of hydrogen-bond acceptors (Lipinski definition) is 5. The second-order valence-corrected chi connectivity index (χ2v) is 8.36. The number of thiazole rings is 1. The van der Waals surface area contributed by atoms with Crippen LogP contribution in [0.15, 0.2) is 47.8 Å². The summed E-state index contributed by atoms with van der Waals surface area (Å²) < 4.78 is 5.77. The van der Waals surface area contributed by atoms with Crippen LogP contribution < -0.4 is 15.4 Å². The van der Waals surface area contributed by atoms with Gasteiger partial charge in [-0.3, -0.25) is 9.59 Å². The van der Waals surface area contributed by atoms with Crippen LogP contribution >= 0.6 is 11.3 Å². The second-order valence-electron chi connectivity index (χ2n) is 7.30. The quantitative estimate of drug-likeness (QED) is 0.548. The van der Waals surface area contributed by atoms with Crippen molar-refractivity contribution in [2.45, 2.75) is 34.3 Å². The summed E-state index contributed by atoms with van der Waals surface area (Å²) in [6.45, 7) is 7.86. The van der Waals surface area contributed by atoms with E-state index in [-0.39, 0.29) is 17.7 Å². The SMILES string of the molecule is Cc1nc(COc2cccc(C(=O)Nc3cc(NC(=O)C(C)C)ccc3C)c2)cs1. The molecule has 156 valence electrons. The topological polar surface area (TPSA) is 80.3 Å². The molecule has 1 aromatic heterocycles. The minimum Gasteiger partial charge on any atom is -0.487 e. The zero-order chi connectivity index (χ0) is 21.7. The normalized spacial score (nSPS) is 10.7. The summed E-state index contributed by atoms with van der Waals surface area (Å²) in [5.41, 5.74) is 3.54. The molecular formula is C23H25N3O3S. The molecule has 0 spiro atoms. The highest BCUT2D eigenvalue weighted by molar-refractivity contribution is 7.09. The second kappa shape index (κ2) is 9.54. The van der Waals surface area contributed by atoms with Crippen LogP contribution in [0.1, 0.15) is 40.5 Å². The summed E-state index contributed by atoms with van der Waals surface area (Å²) in [6.07, 6.45) is 0. The maximum absolute atomic E-state index is 12.8. The van der Waals surface area contributed by atoms with Crippen molar-refractivity contribution in [1.82, 2.24) is 4.98 Å². The highest BCUT2D eigenvalue weighted by Gasteiger charge is 2.12. The predicted molar refractivity (Wildman–Crippen MR) is 120 cm³/mol. The number of aryl methyl sites for hydroxylation is 2. The number of carbonyl (C=O) groups excluding carboxylic acids is 2. The number of nitrogens with one attached hydrogen (secondary N) is 2. The molecule has 1 heterocycles. The number of rotatable bonds is 7. The maximum Gasteiger partial charge on any atom is 0.255 e. The van der Waals surface area contributed by atoms with Crippen LogP contribution in [0.3, 0.4) is 0 Å². The van der Waals surface area contributed by atoms with Crippen LogP contribution in [0.5, 0.6) is 5.75 Å². The average molecular weight is 424 g/mol. The van der Waals surface area contributed by atoms with Crippen LogP contribution in [0.25, 0.3) is 0 Å². The fourth-order valence-electron chi connectivity index (χ4n) is 2.67. The molecule has 0 saturated heterocycles.